The average molecular weight is 290 g/mol. The van der Waals surface area contributed by atoms with Crippen LogP contribution in [0.3, 0.4) is 0 Å². The molecule has 0 aliphatic carbocycles. The van der Waals surface area contributed by atoms with Crippen LogP contribution in [0.25, 0.3) is 0 Å². The van der Waals surface area contributed by atoms with Gasteiger partial charge in [-0.15, -0.1) is 0 Å². The summed E-state index contributed by atoms with van der Waals surface area (Å²) in [4.78, 5) is 3.58. The lowest BCUT2D eigenvalue weighted by Gasteiger charge is -2.21. The van der Waals surface area contributed by atoms with E-state index in [-0.39, 0.29) is 12.5 Å². The van der Waals surface area contributed by atoms with E-state index in [0.29, 0.717) is 6.61 Å². The number of pyridine rings is 1. The highest BCUT2D eigenvalue weighted by Crippen LogP contribution is 2.13. The van der Waals surface area contributed by atoms with E-state index in [9.17, 15) is 12.8 Å². The van der Waals surface area contributed by atoms with Crippen LogP contribution in [-0.2, 0) is 14.8 Å². The highest BCUT2D eigenvalue weighted by Gasteiger charge is 2.26. The summed E-state index contributed by atoms with van der Waals surface area (Å²) in [6.07, 6.45) is 1.24. The van der Waals surface area contributed by atoms with E-state index in [4.69, 9.17) is 4.74 Å². The van der Waals surface area contributed by atoms with Crippen LogP contribution in [0.15, 0.2) is 23.4 Å². The van der Waals surface area contributed by atoms with Crippen LogP contribution < -0.4 is 4.72 Å². The van der Waals surface area contributed by atoms with Crippen LogP contribution in [0.4, 0.5) is 4.39 Å². The first-order valence-corrected chi connectivity index (χ1v) is 7.57. The van der Waals surface area contributed by atoms with E-state index in [1.165, 1.54) is 12.3 Å². The Kier molecular flexibility index (Phi) is 5.84. The van der Waals surface area contributed by atoms with Crippen LogP contribution in [0, 0.1) is 11.7 Å². The van der Waals surface area contributed by atoms with Crippen molar-refractivity contribution in [1.82, 2.24) is 9.71 Å². The van der Waals surface area contributed by atoms with Crippen LogP contribution in [0.5, 0.6) is 0 Å². The maximum absolute atomic E-state index is 13.5. The van der Waals surface area contributed by atoms with Crippen molar-refractivity contribution in [3.8, 4) is 0 Å². The number of nitrogens with zero attached hydrogens (tertiary/aromatic N) is 1. The smallest absolute Gasteiger partial charge is 0.261 e. The van der Waals surface area contributed by atoms with Crippen molar-refractivity contribution in [3.05, 3.63) is 24.1 Å². The number of halogens is 1. The summed E-state index contributed by atoms with van der Waals surface area (Å²) in [5.74, 6) is -0.845. The fourth-order valence-corrected chi connectivity index (χ4v) is 2.81. The normalized spacial score (nSPS) is 13.7. The van der Waals surface area contributed by atoms with Gasteiger partial charge in [-0.05, 0) is 25.0 Å². The molecule has 1 aromatic heterocycles. The van der Waals surface area contributed by atoms with Crippen molar-refractivity contribution in [2.24, 2.45) is 5.92 Å². The fraction of sp³-hybridized carbons (Fsp3) is 0.583. The van der Waals surface area contributed by atoms with E-state index in [1.54, 1.807) is 0 Å². The van der Waals surface area contributed by atoms with Gasteiger partial charge in [0.25, 0.3) is 10.0 Å². The molecule has 0 saturated heterocycles. The van der Waals surface area contributed by atoms with Gasteiger partial charge in [-0.1, -0.05) is 13.8 Å². The predicted molar refractivity (Wildman–Crippen MR) is 69.6 cm³/mol. The highest BCUT2D eigenvalue weighted by atomic mass is 32.2. The topological polar surface area (TPSA) is 68.3 Å². The van der Waals surface area contributed by atoms with Crippen molar-refractivity contribution in [1.29, 1.82) is 0 Å². The van der Waals surface area contributed by atoms with Crippen LogP contribution >= 0.6 is 0 Å². The van der Waals surface area contributed by atoms with Gasteiger partial charge in [0.15, 0.2) is 5.82 Å². The first-order valence-electron chi connectivity index (χ1n) is 6.09. The molecule has 0 radical (unpaired) electrons. The molecule has 7 heteroatoms. The fourth-order valence-electron chi connectivity index (χ4n) is 1.43. The van der Waals surface area contributed by atoms with E-state index in [1.807, 2.05) is 20.8 Å². The minimum atomic E-state index is -3.98. The Morgan fingerprint density at radius 2 is 2.16 bits per heavy atom. The summed E-state index contributed by atoms with van der Waals surface area (Å²) < 4.78 is 45.3. The Morgan fingerprint density at radius 1 is 1.47 bits per heavy atom. The van der Waals surface area contributed by atoms with Crippen LogP contribution in [0.2, 0.25) is 0 Å². The monoisotopic (exact) mass is 290 g/mol. The zero-order valence-electron chi connectivity index (χ0n) is 11.3. The molecule has 0 fully saturated rings. The molecule has 1 N–H and O–H groups in total. The third-order valence-corrected chi connectivity index (χ3v) is 4.01. The molecule has 1 rings (SSSR count). The lowest BCUT2D eigenvalue weighted by Crippen LogP contribution is -2.42. The molecule has 19 heavy (non-hydrogen) atoms. The molecular weight excluding hydrogens is 271 g/mol. The summed E-state index contributed by atoms with van der Waals surface area (Å²) in [7, 11) is -3.98. The van der Waals surface area contributed by atoms with Gasteiger partial charge in [-0.25, -0.2) is 22.5 Å². The van der Waals surface area contributed by atoms with Crippen LogP contribution in [-0.4, -0.2) is 32.7 Å². The van der Waals surface area contributed by atoms with Crippen molar-refractivity contribution in [2.75, 3.05) is 13.2 Å². The zero-order chi connectivity index (χ0) is 14.5. The third-order valence-electron chi connectivity index (χ3n) is 2.59. The summed E-state index contributed by atoms with van der Waals surface area (Å²) in [6.45, 7) is 6.27. The quantitative estimate of drug-likeness (QED) is 0.827. The van der Waals surface area contributed by atoms with Gasteiger partial charge in [-0.3, -0.25) is 0 Å². The van der Waals surface area contributed by atoms with Gasteiger partial charge < -0.3 is 4.74 Å². The molecule has 1 atom stereocenters. The predicted octanol–water partition coefficient (Wildman–Crippen LogP) is 1.56. The molecule has 0 bridgehead atoms. The largest absolute Gasteiger partial charge is 0.380 e. The Hall–Kier alpha value is -1.05. The minimum absolute atomic E-state index is 0.0214. The van der Waals surface area contributed by atoms with Crippen molar-refractivity contribution >= 4 is 10.0 Å². The Morgan fingerprint density at radius 3 is 2.68 bits per heavy atom. The Balaban J connectivity index is 2.91. The maximum atomic E-state index is 13.5. The lowest BCUT2D eigenvalue weighted by atomic mass is 10.1. The van der Waals surface area contributed by atoms with Gasteiger partial charge in [-0.2, -0.15) is 0 Å². The van der Waals surface area contributed by atoms with Crippen LogP contribution in [0.1, 0.15) is 20.8 Å². The molecule has 0 amide bonds. The number of sulfonamides is 1. The summed E-state index contributed by atoms with van der Waals surface area (Å²) >= 11 is 0. The number of nitrogens with one attached hydrogen (secondary N) is 1. The SMILES string of the molecule is CCOCC(NS(=O)(=O)c1ncccc1F)C(C)C. The van der Waals surface area contributed by atoms with E-state index in [2.05, 4.69) is 9.71 Å². The van der Waals surface area contributed by atoms with Gasteiger partial charge in [0.05, 0.1) is 6.61 Å². The highest BCUT2D eigenvalue weighted by molar-refractivity contribution is 7.89. The van der Waals surface area contributed by atoms with Crippen molar-refractivity contribution < 1.29 is 17.5 Å². The number of aromatic nitrogens is 1. The molecular formula is C12H19FN2O3S. The van der Waals surface area contributed by atoms with E-state index < -0.39 is 26.9 Å². The number of hydrogen-bond acceptors (Lipinski definition) is 4. The number of rotatable bonds is 7. The lowest BCUT2D eigenvalue weighted by molar-refractivity contribution is 0.116. The van der Waals surface area contributed by atoms with Gasteiger partial charge in [0, 0.05) is 18.8 Å². The molecule has 0 aliphatic heterocycles. The van der Waals surface area contributed by atoms with Gasteiger partial charge in [0.2, 0.25) is 5.03 Å². The Bertz CT molecular complexity index is 505. The second kappa shape index (κ2) is 6.93. The zero-order valence-corrected chi connectivity index (χ0v) is 12.1. The molecule has 0 aromatic carbocycles. The molecule has 5 nitrogen and oxygen atoms in total. The first-order chi connectivity index (χ1) is 8.88. The number of ether oxygens (including phenoxy) is 1. The van der Waals surface area contributed by atoms with E-state index >= 15 is 0 Å². The average Bonchev–Trinajstić information content (AvgIpc) is 2.34. The van der Waals surface area contributed by atoms with Crippen molar-refractivity contribution in [2.45, 2.75) is 31.8 Å². The maximum Gasteiger partial charge on any atom is 0.261 e. The second-order valence-corrected chi connectivity index (χ2v) is 6.05. The summed E-state index contributed by atoms with van der Waals surface area (Å²) in [5, 5.41) is -0.586. The first kappa shape index (κ1) is 16.0. The number of hydrogen-bond donors (Lipinski definition) is 1. The molecule has 0 aliphatic rings. The minimum Gasteiger partial charge on any atom is -0.380 e. The van der Waals surface area contributed by atoms with Crippen molar-refractivity contribution in [3.63, 3.8) is 0 Å². The summed E-state index contributed by atoms with van der Waals surface area (Å²) in [6, 6.07) is 1.98. The van der Waals surface area contributed by atoms with E-state index in [0.717, 1.165) is 6.07 Å². The molecule has 1 heterocycles. The molecule has 1 aromatic rings. The Labute approximate surface area is 113 Å². The molecule has 1 unspecified atom stereocenters. The second-order valence-electron chi connectivity index (χ2n) is 4.42. The van der Waals surface area contributed by atoms with Gasteiger partial charge in [0.1, 0.15) is 0 Å². The third kappa shape index (κ3) is 4.52. The molecule has 0 saturated carbocycles. The standard InChI is InChI=1S/C12H19FN2O3S/c1-4-18-8-11(9(2)3)15-19(16,17)12-10(13)6-5-7-14-12/h5-7,9,11,15H,4,8H2,1-3H3. The molecule has 108 valence electrons. The van der Waals surface area contributed by atoms with Gasteiger partial charge >= 0.3 is 0 Å². The molecule has 0 spiro atoms. The summed E-state index contributed by atoms with van der Waals surface area (Å²) in [5.41, 5.74) is 0.